The van der Waals surface area contributed by atoms with E-state index in [0.717, 1.165) is 38.4 Å². The molecule has 3 N–H and O–H groups in total. The van der Waals surface area contributed by atoms with Gasteiger partial charge < -0.3 is 15.1 Å². The summed E-state index contributed by atoms with van der Waals surface area (Å²) in [6.07, 6.45) is 4.47. The van der Waals surface area contributed by atoms with Crippen molar-refractivity contribution in [2.45, 2.75) is 26.2 Å². The van der Waals surface area contributed by atoms with E-state index in [0.29, 0.717) is 6.54 Å². The summed E-state index contributed by atoms with van der Waals surface area (Å²) < 4.78 is 0. The fourth-order valence-electron chi connectivity index (χ4n) is 3.75. The Hall–Kier alpha value is -2.43. The van der Waals surface area contributed by atoms with Crippen LogP contribution in [0, 0.1) is 0 Å². The SMILES string of the molecule is CC(C)(C)c1ccc(NC(=O)C[NH+]2CC[NH+](C/C=C/c3ccccc3)CC2)cc1. The van der Waals surface area contributed by atoms with Gasteiger partial charge in [-0.2, -0.15) is 0 Å². The molecule has 0 radical (unpaired) electrons. The summed E-state index contributed by atoms with van der Waals surface area (Å²) in [5.41, 5.74) is 3.55. The van der Waals surface area contributed by atoms with E-state index in [9.17, 15) is 4.79 Å². The van der Waals surface area contributed by atoms with Crippen LogP contribution < -0.4 is 15.1 Å². The van der Waals surface area contributed by atoms with Crippen molar-refractivity contribution in [3.05, 3.63) is 71.8 Å². The molecular weight excluding hydrogens is 358 g/mol. The van der Waals surface area contributed by atoms with Crippen molar-refractivity contribution in [3.8, 4) is 0 Å². The second kappa shape index (κ2) is 9.86. The Labute approximate surface area is 175 Å². The van der Waals surface area contributed by atoms with Gasteiger partial charge in [0.05, 0.1) is 6.54 Å². The molecule has 0 spiro atoms. The number of carbonyl (C=O) groups excluding carboxylic acids is 1. The van der Waals surface area contributed by atoms with Gasteiger partial charge in [0.25, 0.3) is 5.91 Å². The van der Waals surface area contributed by atoms with Crippen molar-refractivity contribution in [1.82, 2.24) is 0 Å². The fraction of sp³-hybridized carbons (Fsp3) is 0.400. The van der Waals surface area contributed by atoms with Gasteiger partial charge in [0.1, 0.15) is 26.2 Å². The maximum absolute atomic E-state index is 12.4. The number of hydrogen-bond donors (Lipinski definition) is 3. The lowest BCUT2D eigenvalue weighted by Gasteiger charge is -2.28. The zero-order valence-electron chi connectivity index (χ0n) is 18.0. The van der Waals surface area contributed by atoms with E-state index in [2.05, 4.69) is 74.6 Å². The van der Waals surface area contributed by atoms with Crippen molar-refractivity contribution in [2.24, 2.45) is 0 Å². The third-order valence-corrected chi connectivity index (χ3v) is 5.63. The van der Waals surface area contributed by atoms with Gasteiger partial charge in [-0.25, -0.2) is 0 Å². The van der Waals surface area contributed by atoms with Crippen LogP contribution in [0.1, 0.15) is 31.9 Å². The lowest BCUT2D eigenvalue weighted by atomic mass is 9.87. The maximum Gasteiger partial charge on any atom is 0.279 e. The predicted octanol–water partition coefficient (Wildman–Crippen LogP) is 1.42. The van der Waals surface area contributed by atoms with Gasteiger partial charge in [-0.3, -0.25) is 4.79 Å². The van der Waals surface area contributed by atoms with Gasteiger partial charge in [-0.1, -0.05) is 69.3 Å². The lowest BCUT2D eigenvalue weighted by Crippen LogP contribution is -3.28. The van der Waals surface area contributed by atoms with Crippen LogP contribution in [0.15, 0.2) is 60.7 Å². The van der Waals surface area contributed by atoms with Crippen molar-refractivity contribution in [1.29, 1.82) is 0 Å². The van der Waals surface area contributed by atoms with Crippen LogP contribution in [0.3, 0.4) is 0 Å². The molecule has 4 nitrogen and oxygen atoms in total. The Morgan fingerprint density at radius 3 is 2.17 bits per heavy atom. The smallest absolute Gasteiger partial charge is 0.279 e. The van der Waals surface area contributed by atoms with Crippen molar-refractivity contribution >= 4 is 17.7 Å². The summed E-state index contributed by atoms with van der Waals surface area (Å²) in [6.45, 7) is 12.5. The third-order valence-electron chi connectivity index (χ3n) is 5.63. The van der Waals surface area contributed by atoms with Gasteiger partial charge in [0.2, 0.25) is 0 Å². The van der Waals surface area contributed by atoms with Crippen LogP contribution in [-0.2, 0) is 10.2 Å². The normalized spacial score (nSPS) is 20.0. The molecule has 1 amide bonds. The van der Waals surface area contributed by atoms with Crippen molar-refractivity contribution in [2.75, 3.05) is 44.6 Å². The fourth-order valence-corrected chi connectivity index (χ4v) is 3.75. The molecular formula is C25H35N3O+2. The molecule has 1 aliphatic heterocycles. The zero-order chi connectivity index (χ0) is 20.7. The number of hydrogen-bond acceptors (Lipinski definition) is 1. The van der Waals surface area contributed by atoms with Gasteiger partial charge >= 0.3 is 0 Å². The molecule has 1 heterocycles. The Bertz CT molecular complexity index is 798. The molecule has 1 fully saturated rings. The van der Waals surface area contributed by atoms with E-state index in [1.807, 2.05) is 18.2 Å². The molecule has 3 rings (SSSR count). The standard InChI is InChI=1S/C25H33N3O/c1-25(2,3)22-11-13-23(14-12-22)26-24(29)20-28-18-16-27(17-19-28)15-7-10-21-8-5-4-6-9-21/h4-14H,15-20H2,1-3H3,(H,26,29)/p+2/b10-7+. The topological polar surface area (TPSA) is 38.0 Å². The second-order valence-electron chi connectivity index (χ2n) is 9.07. The summed E-state index contributed by atoms with van der Waals surface area (Å²) in [7, 11) is 0. The van der Waals surface area contributed by atoms with Gasteiger partial charge in [0.15, 0.2) is 6.54 Å². The van der Waals surface area contributed by atoms with E-state index in [1.165, 1.54) is 16.0 Å². The zero-order valence-corrected chi connectivity index (χ0v) is 18.0. The molecule has 2 aromatic carbocycles. The summed E-state index contributed by atoms with van der Waals surface area (Å²) in [4.78, 5) is 15.4. The molecule has 0 atom stereocenters. The molecule has 0 unspecified atom stereocenters. The van der Waals surface area contributed by atoms with Crippen LogP contribution in [0.5, 0.6) is 0 Å². The van der Waals surface area contributed by atoms with Crippen LogP contribution in [0.2, 0.25) is 0 Å². The van der Waals surface area contributed by atoms with E-state index >= 15 is 0 Å². The summed E-state index contributed by atoms with van der Waals surface area (Å²) in [5.74, 6) is 0.107. The summed E-state index contributed by atoms with van der Waals surface area (Å²) in [6, 6.07) is 18.7. The third kappa shape index (κ3) is 6.84. The number of nitrogens with one attached hydrogen (secondary N) is 3. The average Bonchev–Trinajstić information content (AvgIpc) is 2.70. The number of benzene rings is 2. The van der Waals surface area contributed by atoms with E-state index < -0.39 is 0 Å². The van der Waals surface area contributed by atoms with E-state index in [1.54, 1.807) is 4.90 Å². The number of amides is 1. The predicted molar refractivity (Wildman–Crippen MR) is 120 cm³/mol. The van der Waals surface area contributed by atoms with Crippen molar-refractivity contribution < 1.29 is 14.6 Å². The van der Waals surface area contributed by atoms with E-state index in [4.69, 9.17) is 0 Å². The first-order valence-electron chi connectivity index (χ1n) is 10.7. The Kier molecular flexibility index (Phi) is 7.24. The van der Waals surface area contributed by atoms with Crippen LogP contribution in [0.25, 0.3) is 6.08 Å². The highest BCUT2D eigenvalue weighted by Gasteiger charge is 2.24. The van der Waals surface area contributed by atoms with Crippen molar-refractivity contribution in [3.63, 3.8) is 0 Å². The first-order chi connectivity index (χ1) is 13.9. The first-order valence-corrected chi connectivity index (χ1v) is 10.7. The minimum absolute atomic E-state index is 0.107. The monoisotopic (exact) mass is 393 g/mol. The number of piperazine rings is 1. The molecule has 154 valence electrons. The molecule has 0 bridgehead atoms. The second-order valence-corrected chi connectivity index (χ2v) is 9.07. The Morgan fingerprint density at radius 2 is 1.55 bits per heavy atom. The van der Waals surface area contributed by atoms with Gasteiger partial charge in [0, 0.05) is 5.69 Å². The highest BCUT2D eigenvalue weighted by Crippen LogP contribution is 2.23. The minimum atomic E-state index is 0.107. The molecule has 0 saturated carbocycles. The molecule has 2 aromatic rings. The largest absolute Gasteiger partial charge is 0.322 e. The Balaban J connectivity index is 1.39. The highest BCUT2D eigenvalue weighted by molar-refractivity contribution is 5.91. The maximum atomic E-state index is 12.4. The van der Waals surface area contributed by atoms with Crippen LogP contribution in [0.4, 0.5) is 5.69 Å². The minimum Gasteiger partial charge on any atom is -0.322 e. The molecule has 1 saturated heterocycles. The quantitative estimate of drug-likeness (QED) is 0.682. The lowest BCUT2D eigenvalue weighted by molar-refractivity contribution is -1.01. The van der Waals surface area contributed by atoms with Crippen LogP contribution in [-0.4, -0.2) is 45.2 Å². The van der Waals surface area contributed by atoms with E-state index in [-0.39, 0.29) is 11.3 Å². The van der Waals surface area contributed by atoms with Gasteiger partial charge in [-0.05, 0) is 34.8 Å². The molecule has 4 heteroatoms. The number of carbonyl (C=O) groups is 1. The average molecular weight is 394 g/mol. The highest BCUT2D eigenvalue weighted by atomic mass is 16.2. The summed E-state index contributed by atoms with van der Waals surface area (Å²) in [5, 5.41) is 3.05. The molecule has 0 aromatic heterocycles. The number of quaternary nitrogens is 2. The molecule has 1 aliphatic rings. The molecule has 29 heavy (non-hydrogen) atoms. The molecule has 0 aliphatic carbocycles. The van der Waals surface area contributed by atoms with Gasteiger partial charge in [-0.15, -0.1) is 0 Å². The first kappa shape index (κ1) is 21.3. The number of anilines is 1. The Morgan fingerprint density at radius 1 is 0.931 bits per heavy atom. The number of rotatable bonds is 6. The summed E-state index contributed by atoms with van der Waals surface area (Å²) >= 11 is 0. The van der Waals surface area contributed by atoms with Crippen LogP contribution >= 0.6 is 0 Å².